The Morgan fingerprint density at radius 2 is 1.76 bits per heavy atom. The summed E-state index contributed by atoms with van der Waals surface area (Å²) in [7, 11) is -3.99. The molecule has 1 heterocycles. The molecule has 3 aromatic carbocycles. The van der Waals surface area contributed by atoms with Crippen LogP contribution in [0.25, 0.3) is 0 Å². The number of nitrogens with zero attached hydrogens (tertiary/aromatic N) is 2. The molecule has 0 atom stereocenters. The number of fused-ring (bicyclic) bond motifs is 1. The molecule has 34 heavy (non-hydrogen) atoms. The maximum atomic E-state index is 13.4. The lowest BCUT2D eigenvalue weighted by atomic mass is 10.2. The minimum atomic E-state index is -3.99. The van der Waals surface area contributed by atoms with E-state index in [4.69, 9.17) is 9.47 Å². The minimum absolute atomic E-state index is 0.0996. The second-order valence-corrected chi connectivity index (χ2v) is 10.2. The Labute approximate surface area is 202 Å². The highest BCUT2D eigenvalue weighted by atomic mass is 32.2. The lowest BCUT2D eigenvalue weighted by Crippen LogP contribution is -2.39. The Hall–Kier alpha value is -3.50. The Balaban J connectivity index is 1.53. The molecule has 0 saturated heterocycles. The highest BCUT2D eigenvalue weighted by Crippen LogP contribution is 2.32. The summed E-state index contributed by atoms with van der Waals surface area (Å²) in [5.41, 5.74) is 4.46. The van der Waals surface area contributed by atoms with E-state index in [1.54, 1.807) is 54.6 Å². The first kappa shape index (κ1) is 23.7. The van der Waals surface area contributed by atoms with E-state index in [1.807, 2.05) is 13.2 Å². The van der Waals surface area contributed by atoms with E-state index < -0.39 is 22.5 Å². The lowest BCUT2D eigenvalue weighted by Gasteiger charge is -2.24. The normalized spacial score (nSPS) is 12.6. The zero-order valence-electron chi connectivity index (χ0n) is 18.6. The predicted octanol–water partition coefficient (Wildman–Crippen LogP) is 3.79. The number of hydrogen-bond acceptors (Lipinski definition) is 7. The molecular formula is C24H23N3O5S2. The van der Waals surface area contributed by atoms with Crippen LogP contribution in [-0.4, -0.2) is 40.1 Å². The number of benzene rings is 3. The van der Waals surface area contributed by atoms with E-state index in [1.165, 1.54) is 30.1 Å². The molecule has 176 valence electrons. The second kappa shape index (κ2) is 10.2. The van der Waals surface area contributed by atoms with Gasteiger partial charge in [-0.3, -0.25) is 9.10 Å². The van der Waals surface area contributed by atoms with Gasteiger partial charge in [0.2, 0.25) is 6.79 Å². The number of carbonyl (C=O) groups is 1. The number of amides is 1. The molecule has 0 unspecified atom stereocenters. The van der Waals surface area contributed by atoms with Crippen molar-refractivity contribution in [2.75, 3.05) is 23.9 Å². The van der Waals surface area contributed by atoms with Crippen molar-refractivity contribution in [3.05, 3.63) is 77.9 Å². The van der Waals surface area contributed by atoms with Gasteiger partial charge in [-0.1, -0.05) is 17.7 Å². The predicted molar refractivity (Wildman–Crippen MR) is 132 cm³/mol. The SMILES string of the molecule is CSc1ccc(S(=O)(=O)N(CC(=O)N/N=C\c2ccc3c(c2)OCO3)c2ccc(C)cc2)cc1. The monoisotopic (exact) mass is 497 g/mol. The molecule has 0 radical (unpaired) electrons. The summed E-state index contributed by atoms with van der Waals surface area (Å²) in [6.45, 7) is 1.63. The topological polar surface area (TPSA) is 97.3 Å². The van der Waals surface area contributed by atoms with Gasteiger partial charge < -0.3 is 9.47 Å². The van der Waals surface area contributed by atoms with E-state index in [2.05, 4.69) is 10.5 Å². The van der Waals surface area contributed by atoms with Crippen LogP contribution in [0.4, 0.5) is 5.69 Å². The molecule has 3 aromatic rings. The zero-order chi connectivity index (χ0) is 24.1. The van der Waals surface area contributed by atoms with Gasteiger partial charge in [-0.2, -0.15) is 5.10 Å². The minimum Gasteiger partial charge on any atom is -0.454 e. The van der Waals surface area contributed by atoms with Crippen molar-refractivity contribution in [2.24, 2.45) is 5.10 Å². The van der Waals surface area contributed by atoms with E-state index in [9.17, 15) is 13.2 Å². The number of carbonyl (C=O) groups excluding carboxylic acids is 1. The molecule has 0 aliphatic carbocycles. The molecule has 4 rings (SSSR count). The first-order valence-electron chi connectivity index (χ1n) is 10.3. The number of hydrogen-bond donors (Lipinski definition) is 1. The molecular weight excluding hydrogens is 474 g/mol. The van der Waals surface area contributed by atoms with Crippen LogP contribution in [0.2, 0.25) is 0 Å². The average molecular weight is 498 g/mol. The molecule has 0 spiro atoms. The van der Waals surface area contributed by atoms with Gasteiger partial charge in [-0.05, 0) is 73.3 Å². The number of anilines is 1. The maximum absolute atomic E-state index is 13.4. The maximum Gasteiger partial charge on any atom is 0.264 e. The van der Waals surface area contributed by atoms with E-state index >= 15 is 0 Å². The van der Waals surface area contributed by atoms with Crippen LogP contribution in [0.5, 0.6) is 11.5 Å². The molecule has 1 aliphatic heterocycles. The number of thioether (sulfide) groups is 1. The third-order valence-electron chi connectivity index (χ3n) is 5.06. The van der Waals surface area contributed by atoms with E-state index in [0.717, 1.165) is 14.8 Å². The quantitative estimate of drug-likeness (QED) is 0.289. The van der Waals surface area contributed by atoms with Crippen molar-refractivity contribution in [2.45, 2.75) is 16.7 Å². The van der Waals surface area contributed by atoms with Crippen LogP contribution in [-0.2, 0) is 14.8 Å². The van der Waals surface area contributed by atoms with Gasteiger partial charge in [0.15, 0.2) is 11.5 Å². The molecule has 8 nitrogen and oxygen atoms in total. The van der Waals surface area contributed by atoms with Gasteiger partial charge >= 0.3 is 0 Å². The summed E-state index contributed by atoms with van der Waals surface area (Å²) in [4.78, 5) is 13.7. The largest absolute Gasteiger partial charge is 0.454 e. The Bertz CT molecular complexity index is 1310. The number of hydrazone groups is 1. The molecule has 10 heteroatoms. The van der Waals surface area contributed by atoms with Crippen LogP contribution in [0.3, 0.4) is 0 Å². The van der Waals surface area contributed by atoms with Gasteiger partial charge in [-0.25, -0.2) is 13.8 Å². The standard InChI is InChI=1S/C24H23N3O5S2/c1-17-3-6-19(7-4-17)27(34(29,30)21-10-8-20(33-2)9-11-21)15-24(28)26-25-14-18-5-12-22-23(13-18)32-16-31-22/h3-14H,15-16H2,1-2H3,(H,26,28)/b25-14-. The van der Waals surface area contributed by atoms with Gasteiger partial charge in [0.1, 0.15) is 6.54 Å². The van der Waals surface area contributed by atoms with Gasteiger partial charge in [0.25, 0.3) is 15.9 Å². The third-order valence-corrected chi connectivity index (χ3v) is 7.59. The number of ether oxygens (including phenoxy) is 2. The number of aryl methyl sites for hydroxylation is 1. The van der Waals surface area contributed by atoms with Gasteiger partial charge in [-0.15, -0.1) is 11.8 Å². The van der Waals surface area contributed by atoms with Crippen molar-refractivity contribution in [1.82, 2.24) is 5.43 Å². The highest BCUT2D eigenvalue weighted by molar-refractivity contribution is 7.98. The van der Waals surface area contributed by atoms with Gasteiger partial charge in [0, 0.05) is 4.90 Å². The molecule has 1 N–H and O–H groups in total. The first-order chi connectivity index (χ1) is 16.4. The summed E-state index contributed by atoms with van der Waals surface area (Å²) in [5, 5.41) is 3.96. The van der Waals surface area contributed by atoms with Gasteiger partial charge in [0.05, 0.1) is 16.8 Å². The Morgan fingerprint density at radius 3 is 2.47 bits per heavy atom. The highest BCUT2D eigenvalue weighted by Gasteiger charge is 2.27. The summed E-state index contributed by atoms with van der Waals surface area (Å²) in [5.74, 6) is 0.659. The van der Waals surface area contributed by atoms with Crippen LogP contribution in [0, 0.1) is 6.92 Å². The van der Waals surface area contributed by atoms with E-state index in [-0.39, 0.29) is 11.7 Å². The molecule has 1 aliphatic rings. The van der Waals surface area contributed by atoms with Crippen molar-refractivity contribution in [3.63, 3.8) is 0 Å². The fourth-order valence-corrected chi connectivity index (χ4v) is 5.07. The second-order valence-electron chi connectivity index (χ2n) is 7.43. The lowest BCUT2D eigenvalue weighted by molar-refractivity contribution is -0.119. The molecule has 0 fully saturated rings. The number of rotatable bonds is 8. The molecule has 0 saturated carbocycles. The van der Waals surface area contributed by atoms with Crippen LogP contribution in [0.15, 0.2) is 81.6 Å². The molecule has 0 bridgehead atoms. The Morgan fingerprint density at radius 1 is 1.06 bits per heavy atom. The van der Waals surface area contributed by atoms with E-state index in [0.29, 0.717) is 22.7 Å². The summed E-state index contributed by atoms with van der Waals surface area (Å²) in [6.07, 6.45) is 3.36. The fourth-order valence-electron chi connectivity index (χ4n) is 3.24. The first-order valence-corrected chi connectivity index (χ1v) is 13.0. The van der Waals surface area contributed by atoms with Crippen LogP contribution >= 0.6 is 11.8 Å². The number of sulfonamides is 1. The fraction of sp³-hybridized carbons (Fsp3) is 0.167. The Kier molecular flexibility index (Phi) is 7.09. The summed E-state index contributed by atoms with van der Waals surface area (Å²) >= 11 is 1.52. The number of nitrogens with one attached hydrogen (secondary N) is 1. The van der Waals surface area contributed by atoms with Crippen molar-refractivity contribution in [3.8, 4) is 11.5 Å². The van der Waals surface area contributed by atoms with Crippen LogP contribution < -0.4 is 19.2 Å². The third kappa shape index (κ3) is 5.35. The van der Waals surface area contributed by atoms with Crippen molar-refractivity contribution < 1.29 is 22.7 Å². The summed E-state index contributed by atoms with van der Waals surface area (Å²) < 4.78 is 38.5. The molecule has 1 amide bonds. The van der Waals surface area contributed by atoms with Crippen molar-refractivity contribution >= 4 is 39.6 Å². The average Bonchev–Trinajstić information content (AvgIpc) is 3.31. The zero-order valence-corrected chi connectivity index (χ0v) is 20.2. The van der Waals surface area contributed by atoms with Crippen molar-refractivity contribution in [1.29, 1.82) is 0 Å². The summed E-state index contributed by atoms with van der Waals surface area (Å²) in [6, 6.07) is 18.7. The smallest absolute Gasteiger partial charge is 0.264 e. The molecule has 0 aromatic heterocycles. The van der Waals surface area contributed by atoms with Crippen LogP contribution in [0.1, 0.15) is 11.1 Å².